The number of rotatable bonds is 5. The highest BCUT2D eigenvalue weighted by Crippen LogP contribution is 2.45. The van der Waals surface area contributed by atoms with Crippen molar-refractivity contribution in [2.75, 3.05) is 4.90 Å². The van der Waals surface area contributed by atoms with E-state index in [0.717, 1.165) is 34.5 Å². The number of Topliss-reactive ketones (excluding diaryl/α,β-unsaturated/α-hetero) is 1. The fraction of sp³-hybridized carbons (Fsp3) is 0.400. The standard InChI is InChI=1S/C30H33N3O3S/c1-18-10-12-20(13-11-18)25(34)23-24(19-14-16-22(17-15-19)30(2,3)4)33(28(36)26(23)35)29-32-31-27(37-29)21-8-6-5-7-9-21/h10-17,21,24,35H,5-9H2,1-4H3. The SMILES string of the molecule is Cc1ccc(C(=O)C2=C(O)C(=O)N(c3nnc(C4CCCCC4)s3)C2c2ccc(C(C)(C)C)cc2)cc1. The summed E-state index contributed by atoms with van der Waals surface area (Å²) < 4.78 is 0. The quantitative estimate of drug-likeness (QED) is 0.371. The van der Waals surface area contributed by atoms with E-state index < -0.39 is 17.7 Å². The Hall–Kier alpha value is -3.32. The van der Waals surface area contributed by atoms with Gasteiger partial charge in [-0.2, -0.15) is 0 Å². The number of aliphatic hydroxyl groups is 1. The van der Waals surface area contributed by atoms with Gasteiger partial charge < -0.3 is 5.11 Å². The van der Waals surface area contributed by atoms with E-state index in [1.54, 1.807) is 12.1 Å². The molecule has 1 atom stereocenters. The molecule has 1 aliphatic carbocycles. The van der Waals surface area contributed by atoms with E-state index in [1.807, 2.05) is 43.3 Å². The lowest BCUT2D eigenvalue weighted by Gasteiger charge is -2.25. The number of benzene rings is 2. The van der Waals surface area contributed by atoms with Crippen molar-refractivity contribution in [2.45, 2.75) is 77.2 Å². The first-order valence-electron chi connectivity index (χ1n) is 13.0. The Labute approximate surface area is 222 Å². The lowest BCUT2D eigenvalue weighted by Crippen LogP contribution is -2.31. The van der Waals surface area contributed by atoms with Crippen molar-refractivity contribution in [2.24, 2.45) is 0 Å². The van der Waals surface area contributed by atoms with Crippen molar-refractivity contribution in [3.63, 3.8) is 0 Å². The number of anilines is 1. The molecule has 1 amide bonds. The first-order valence-corrected chi connectivity index (χ1v) is 13.8. The van der Waals surface area contributed by atoms with Crippen LogP contribution >= 0.6 is 11.3 Å². The predicted octanol–water partition coefficient (Wildman–Crippen LogP) is 6.97. The highest BCUT2D eigenvalue weighted by atomic mass is 32.1. The second kappa shape index (κ2) is 9.86. The summed E-state index contributed by atoms with van der Waals surface area (Å²) in [4.78, 5) is 28.7. The van der Waals surface area contributed by atoms with Crippen molar-refractivity contribution in [1.29, 1.82) is 0 Å². The highest BCUT2D eigenvalue weighted by Gasteiger charge is 2.46. The maximum Gasteiger partial charge on any atom is 0.296 e. The molecule has 3 aromatic rings. The van der Waals surface area contributed by atoms with Crippen LogP contribution in [0.1, 0.15) is 96.9 Å². The van der Waals surface area contributed by atoms with Crippen LogP contribution in [0.25, 0.3) is 0 Å². The number of carbonyl (C=O) groups excluding carboxylic acids is 2. The van der Waals surface area contributed by atoms with Gasteiger partial charge in [0.15, 0.2) is 11.5 Å². The first kappa shape index (κ1) is 25.3. The lowest BCUT2D eigenvalue weighted by molar-refractivity contribution is -0.117. The van der Waals surface area contributed by atoms with Crippen LogP contribution in [0.3, 0.4) is 0 Å². The fourth-order valence-electron chi connectivity index (χ4n) is 5.21. The number of aromatic nitrogens is 2. The molecule has 0 radical (unpaired) electrons. The third-order valence-electron chi connectivity index (χ3n) is 7.45. The normalized spacial score (nSPS) is 19.1. The first-order chi connectivity index (χ1) is 17.6. The van der Waals surface area contributed by atoms with Gasteiger partial charge in [0, 0.05) is 11.5 Å². The minimum absolute atomic E-state index is 0.0453. The van der Waals surface area contributed by atoms with Crippen molar-refractivity contribution in [3.8, 4) is 0 Å². The van der Waals surface area contributed by atoms with Crippen molar-refractivity contribution >= 4 is 28.2 Å². The summed E-state index contributed by atoms with van der Waals surface area (Å²) in [5.74, 6) is -1.16. The Morgan fingerprint density at radius 3 is 2.24 bits per heavy atom. The Morgan fingerprint density at radius 2 is 1.62 bits per heavy atom. The molecule has 5 rings (SSSR count). The molecule has 192 valence electrons. The zero-order chi connectivity index (χ0) is 26.3. The van der Waals surface area contributed by atoms with Gasteiger partial charge in [0.1, 0.15) is 5.01 Å². The molecule has 2 heterocycles. The molecule has 1 N–H and O–H groups in total. The number of nitrogens with zero attached hydrogens (tertiary/aromatic N) is 3. The lowest BCUT2D eigenvalue weighted by atomic mass is 9.85. The predicted molar refractivity (Wildman–Crippen MR) is 146 cm³/mol. The molecule has 2 aliphatic rings. The maximum atomic E-state index is 13.7. The number of aryl methyl sites for hydroxylation is 1. The van der Waals surface area contributed by atoms with E-state index in [0.29, 0.717) is 16.6 Å². The van der Waals surface area contributed by atoms with Gasteiger partial charge in [0.25, 0.3) is 5.91 Å². The average molecular weight is 516 g/mol. The van der Waals surface area contributed by atoms with Gasteiger partial charge >= 0.3 is 0 Å². The van der Waals surface area contributed by atoms with Crippen molar-refractivity contribution < 1.29 is 14.7 Å². The van der Waals surface area contributed by atoms with E-state index in [2.05, 4.69) is 31.0 Å². The van der Waals surface area contributed by atoms with Gasteiger partial charge in [0.05, 0.1) is 11.6 Å². The molecule has 1 aliphatic heterocycles. The zero-order valence-electron chi connectivity index (χ0n) is 21.8. The smallest absolute Gasteiger partial charge is 0.296 e. The Morgan fingerprint density at radius 1 is 0.973 bits per heavy atom. The van der Waals surface area contributed by atoms with Crippen LogP contribution in [0, 0.1) is 6.92 Å². The van der Waals surface area contributed by atoms with E-state index in [1.165, 1.54) is 35.5 Å². The Balaban J connectivity index is 1.58. The van der Waals surface area contributed by atoms with Crippen LogP contribution in [0.5, 0.6) is 0 Å². The van der Waals surface area contributed by atoms with Crippen LogP contribution in [0.15, 0.2) is 59.9 Å². The van der Waals surface area contributed by atoms with Crippen molar-refractivity contribution in [3.05, 3.63) is 87.1 Å². The van der Waals surface area contributed by atoms with Crippen LogP contribution in [0.2, 0.25) is 0 Å². The minimum Gasteiger partial charge on any atom is -0.503 e. The monoisotopic (exact) mass is 515 g/mol. The van der Waals surface area contributed by atoms with E-state index in [9.17, 15) is 14.7 Å². The molecule has 1 fully saturated rings. The van der Waals surface area contributed by atoms with Gasteiger partial charge in [-0.15, -0.1) is 10.2 Å². The molecule has 0 saturated heterocycles. The summed E-state index contributed by atoms with van der Waals surface area (Å²) in [5, 5.41) is 21.2. The van der Waals surface area contributed by atoms with Gasteiger partial charge in [-0.25, -0.2) is 0 Å². The number of ketones is 1. The summed E-state index contributed by atoms with van der Waals surface area (Å²) in [6, 6.07) is 14.3. The molecule has 2 aromatic carbocycles. The molecule has 1 saturated carbocycles. The molecule has 6 nitrogen and oxygen atoms in total. The maximum absolute atomic E-state index is 13.7. The number of aliphatic hydroxyl groups excluding tert-OH is 1. The van der Waals surface area contributed by atoms with E-state index >= 15 is 0 Å². The Bertz CT molecular complexity index is 1340. The average Bonchev–Trinajstić information content (AvgIpc) is 3.47. The van der Waals surface area contributed by atoms with Crippen LogP contribution in [-0.2, 0) is 10.2 Å². The third kappa shape index (κ3) is 4.85. The molecule has 7 heteroatoms. The second-order valence-corrected chi connectivity index (χ2v) is 12.2. The highest BCUT2D eigenvalue weighted by molar-refractivity contribution is 7.15. The molecule has 0 spiro atoms. The van der Waals surface area contributed by atoms with Gasteiger partial charge in [-0.1, -0.05) is 105 Å². The fourth-order valence-corrected chi connectivity index (χ4v) is 6.25. The number of carbonyl (C=O) groups is 2. The van der Waals surface area contributed by atoms with Gasteiger partial charge in [-0.05, 0) is 36.3 Å². The number of hydrogen-bond donors (Lipinski definition) is 1. The summed E-state index contributed by atoms with van der Waals surface area (Å²) in [7, 11) is 0. The molecule has 37 heavy (non-hydrogen) atoms. The van der Waals surface area contributed by atoms with E-state index in [-0.39, 0.29) is 16.8 Å². The summed E-state index contributed by atoms with van der Waals surface area (Å²) in [5.41, 5.74) is 3.37. The summed E-state index contributed by atoms with van der Waals surface area (Å²) in [6.07, 6.45) is 5.72. The van der Waals surface area contributed by atoms with Crippen LogP contribution in [-0.4, -0.2) is 27.0 Å². The minimum atomic E-state index is -0.789. The molecule has 1 aromatic heterocycles. The largest absolute Gasteiger partial charge is 0.503 e. The third-order valence-corrected chi connectivity index (χ3v) is 8.53. The molecule has 0 bridgehead atoms. The summed E-state index contributed by atoms with van der Waals surface area (Å²) >= 11 is 1.39. The molecular weight excluding hydrogens is 482 g/mol. The van der Waals surface area contributed by atoms with E-state index in [4.69, 9.17) is 0 Å². The second-order valence-electron chi connectivity index (χ2n) is 11.2. The van der Waals surface area contributed by atoms with Crippen molar-refractivity contribution in [1.82, 2.24) is 10.2 Å². The zero-order valence-corrected chi connectivity index (χ0v) is 22.6. The molecular formula is C30H33N3O3S. The topological polar surface area (TPSA) is 83.4 Å². The van der Waals surface area contributed by atoms with Gasteiger partial charge in [-0.3, -0.25) is 14.5 Å². The van der Waals surface area contributed by atoms with Crippen LogP contribution < -0.4 is 4.90 Å². The summed E-state index contributed by atoms with van der Waals surface area (Å²) in [6.45, 7) is 8.36. The number of amides is 1. The number of hydrogen-bond acceptors (Lipinski definition) is 6. The van der Waals surface area contributed by atoms with Gasteiger partial charge in [0.2, 0.25) is 5.13 Å². The Kier molecular flexibility index (Phi) is 6.75. The molecule has 1 unspecified atom stereocenters. The van der Waals surface area contributed by atoms with Crippen LogP contribution in [0.4, 0.5) is 5.13 Å².